The van der Waals surface area contributed by atoms with E-state index in [1.807, 2.05) is 4.90 Å². The molecule has 1 unspecified atom stereocenters. The molecule has 0 radical (unpaired) electrons. The van der Waals surface area contributed by atoms with E-state index in [-0.39, 0.29) is 11.8 Å². The number of hydrogen-bond acceptors (Lipinski definition) is 7. The lowest BCUT2D eigenvalue weighted by Crippen LogP contribution is -2.50. The van der Waals surface area contributed by atoms with Gasteiger partial charge in [0.25, 0.3) is 0 Å². The molecule has 0 spiro atoms. The van der Waals surface area contributed by atoms with Crippen LogP contribution in [0.5, 0.6) is 0 Å². The average molecular weight is 557 g/mol. The van der Waals surface area contributed by atoms with Gasteiger partial charge in [-0.05, 0) is 55.4 Å². The maximum atomic E-state index is 13.3. The van der Waals surface area contributed by atoms with Crippen LogP contribution in [0.3, 0.4) is 0 Å². The van der Waals surface area contributed by atoms with Crippen molar-refractivity contribution in [2.24, 2.45) is 5.92 Å². The molecule has 0 bridgehead atoms. The predicted octanol–water partition coefficient (Wildman–Crippen LogP) is 3.78. The number of hydrogen-bond donors (Lipinski definition) is 1. The molecule has 6 rings (SSSR count). The lowest BCUT2D eigenvalue weighted by molar-refractivity contribution is -0.136. The molecule has 4 saturated heterocycles. The summed E-state index contributed by atoms with van der Waals surface area (Å²) in [5.41, 5.74) is 8.08. The minimum Gasteiger partial charge on any atom is -0.378 e. The SMILES string of the molecule is CCC/C=C1\C(C2CN2)=C2CCN(CC(=O)N3CCOCC3)CC2=C(N2CCC(C#N)CC2)N1c1ccccc1C. The predicted molar refractivity (Wildman–Crippen MR) is 161 cm³/mol. The lowest BCUT2D eigenvalue weighted by Gasteiger charge is -2.48. The molecule has 5 heterocycles. The number of piperidine rings is 2. The fourth-order valence-electron chi connectivity index (χ4n) is 6.83. The van der Waals surface area contributed by atoms with Gasteiger partial charge in [-0.1, -0.05) is 37.6 Å². The fourth-order valence-corrected chi connectivity index (χ4v) is 6.83. The van der Waals surface area contributed by atoms with Gasteiger partial charge in [-0.25, -0.2) is 0 Å². The number of carbonyl (C=O) groups excluding carboxylic acids is 1. The van der Waals surface area contributed by atoms with Gasteiger partial charge < -0.3 is 19.9 Å². The van der Waals surface area contributed by atoms with Crippen LogP contribution in [-0.2, 0) is 9.53 Å². The molecule has 1 amide bonds. The van der Waals surface area contributed by atoms with Crippen molar-refractivity contribution in [2.75, 3.05) is 70.5 Å². The lowest BCUT2D eigenvalue weighted by atomic mass is 9.84. The summed E-state index contributed by atoms with van der Waals surface area (Å²) in [6.45, 7) is 11.9. The number of carbonyl (C=O) groups is 1. The Labute approximate surface area is 244 Å². The normalized spacial score (nSPS) is 25.0. The van der Waals surface area contributed by atoms with E-state index in [0.29, 0.717) is 38.9 Å². The Morgan fingerprint density at radius 3 is 2.56 bits per heavy atom. The Balaban J connectivity index is 1.44. The summed E-state index contributed by atoms with van der Waals surface area (Å²) in [5.74, 6) is 1.59. The smallest absolute Gasteiger partial charge is 0.236 e. The maximum Gasteiger partial charge on any atom is 0.236 e. The largest absolute Gasteiger partial charge is 0.378 e. The number of nitriles is 1. The Morgan fingerprint density at radius 2 is 1.88 bits per heavy atom. The zero-order valence-corrected chi connectivity index (χ0v) is 24.7. The van der Waals surface area contributed by atoms with E-state index in [4.69, 9.17) is 4.74 Å². The summed E-state index contributed by atoms with van der Waals surface area (Å²) in [6.07, 6.45) is 7.31. The summed E-state index contributed by atoms with van der Waals surface area (Å²) in [4.78, 5) is 22.7. The van der Waals surface area contributed by atoms with Crippen molar-refractivity contribution in [3.63, 3.8) is 0 Å². The number of likely N-dealkylation sites (tertiary alicyclic amines) is 2. The highest BCUT2D eigenvalue weighted by Crippen LogP contribution is 2.46. The number of anilines is 1. The van der Waals surface area contributed by atoms with E-state index in [1.165, 1.54) is 39.5 Å². The third-order valence-corrected chi connectivity index (χ3v) is 9.19. The van der Waals surface area contributed by atoms with Crippen molar-refractivity contribution < 1.29 is 9.53 Å². The fraction of sp³-hybridized carbons (Fsp3) is 0.576. The summed E-state index contributed by atoms with van der Waals surface area (Å²) < 4.78 is 5.49. The van der Waals surface area contributed by atoms with Gasteiger partial charge in [0.05, 0.1) is 31.5 Å². The Hall–Kier alpha value is -3.12. The van der Waals surface area contributed by atoms with E-state index in [1.54, 1.807) is 0 Å². The standard InChI is InChI=1S/C33H44N6O2/c1-3-4-8-30-32(28-21-35-28)26-12-13-36(23-31(40)37-16-18-41-19-17-37)22-27(26)33(38-14-10-25(20-34)11-15-38)39(30)29-9-6-5-7-24(29)2/h5-9,25,28,35H,3-4,10-19,21-23H2,1-2H3/b30-8+. The molecule has 41 heavy (non-hydrogen) atoms. The first-order valence-corrected chi connectivity index (χ1v) is 15.6. The zero-order chi connectivity index (χ0) is 28.3. The molecule has 0 aliphatic carbocycles. The number of para-hydroxylation sites is 1. The van der Waals surface area contributed by atoms with E-state index < -0.39 is 0 Å². The van der Waals surface area contributed by atoms with Crippen molar-refractivity contribution in [1.82, 2.24) is 20.0 Å². The zero-order valence-electron chi connectivity index (χ0n) is 24.7. The Bertz CT molecular complexity index is 1270. The summed E-state index contributed by atoms with van der Waals surface area (Å²) in [5, 5.41) is 13.3. The summed E-state index contributed by atoms with van der Waals surface area (Å²) in [7, 11) is 0. The molecule has 5 aliphatic rings. The number of fused-ring (bicyclic) bond motifs is 1. The number of benzene rings is 1. The third-order valence-electron chi connectivity index (χ3n) is 9.19. The number of morpholine rings is 1. The van der Waals surface area contributed by atoms with Gasteiger partial charge in [0.1, 0.15) is 5.82 Å². The second-order valence-corrected chi connectivity index (χ2v) is 12.0. The van der Waals surface area contributed by atoms with Crippen LogP contribution in [0.1, 0.15) is 44.6 Å². The molecule has 1 N–H and O–H groups in total. The van der Waals surface area contributed by atoms with Gasteiger partial charge in [0.15, 0.2) is 0 Å². The molecule has 8 nitrogen and oxygen atoms in total. The summed E-state index contributed by atoms with van der Waals surface area (Å²) >= 11 is 0. The number of allylic oxidation sites excluding steroid dienone is 1. The monoisotopic (exact) mass is 556 g/mol. The number of amides is 1. The number of rotatable bonds is 7. The maximum absolute atomic E-state index is 13.3. The van der Waals surface area contributed by atoms with E-state index >= 15 is 0 Å². The highest BCUT2D eigenvalue weighted by molar-refractivity contribution is 5.79. The van der Waals surface area contributed by atoms with Gasteiger partial charge >= 0.3 is 0 Å². The molecule has 4 fully saturated rings. The van der Waals surface area contributed by atoms with E-state index in [9.17, 15) is 10.1 Å². The number of nitrogens with zero attached hydrogens (tertiary/aromatic N) is 5. The van der Waals surface area contributed by atoms with E-state index in [2.05, 4.69) is 70.3 Å². The molecule has 1 aromatic rings. The van der Waals surface area contributed by atoms with Crippen LogP contribution >= 0.6 is 0 Å². The van der Waals surface area contributed by atoms with Crippen LogP contribution in [0.15, 0.2) is 58.6 Å². The van der Waals surface area contributed by atoms with Crippen molar-refractivity contribution in [2.45, 2.75) is 52.0 Å². The van der Waals surface area contributed by atoms with Crippen LogP contribution in [0.4, 0.5) is 5.69 Å². The van der Waals surface area contributed by atoms with Crippen LogP contribution in [0.2, 0.25) is 0 Å². The second kappa shape index (κ2) is 12.4. The molecule has 8 heteroatoms. The number of aryl methyl sites for hydroxylation is 1. The Kier molecular flexibility index (Phi) is 8.47. The van der Waals surface area contributed by atoms with Crippen molar-refractivity contribution in [3.05, 3.63) is 64.1 Å². The van der Waals surface area contributed by atoms with Crippen molar-refractivity contribution in [3.8, 4) is 6.07 Å². The molecule has 1 aromatic carbocycles. The van der Waals surface area contributed by atoms with Gasteiger partial charge in [-0.15, -0.1) is 0 Å². The second-order valence-electron chi connectivity index (χ2n) is 12.0. The first-order valence-electron chi connectivity index (χ1n) is 15.6. The van der Waals surface area contributed by atoms with Gasteiger partial charge in [-0.3, -0.25) is 14.6 Å². The van der Waals surface area contributed by atoms with Crippen LogP contribution < -0.4 is 10.2 Å². The van der Waals surface area contributed by atoms with Gasteiger partial charge in [0.2, 0.25) is 5.91 Å². The van der Waals surface area contributed by atoms with Gasteiger partial charge in [-0.2, -0.15) is 5.26 Å². The third kappa shape index (κ3) is 5.81. The number of nitrogens with one attached hydrogen (secondary N) is 1. The highest BCUT2D eigenvalue weighted by atomic mass is 16.5. The first-order chi connectivity index (χ1) is 20.1. The minimum absolute atomic E-state index is 0.123. The van der Waals surface area contributed by atoms with Gasteiger partial charge in [0, 0.05) is 69.0 Å². The molecule has 0 saturated carbocycles. The molecular weight excluding hydrogens is 512 g/mol. The molecule has 5 aliphatic heterocycles. The Morgan fingerprint density at radius 1 is 1.12 bits per heavy atom. The molecular formula is C33H44N6O2. The van der Waals surface area contributed by atoms with Crippen molar-refractivity contribution >= 4 is 11.6 Å². The highest BCUT2D eigenvalue weighted by Gasteiger charge is 2.43. The first kappa shape index (κ1) is 28.0. The minimum atomic E-state index is 0.123. The quantitative estimate of drug-likeness (QED) is 0.512. The summed E-state index contributed by atoms with van der Waals surface area (Å²) in [6, 6.07) is 11.6. The van der Waals surface area contributed by atoms with Crippen LogP contribution in [0, 0.1) is 24.2 Å². The molecule has 218 valence electrons. The van der Waals surface area contributed by atoms with Crippen LogP contribution in [-0.4, -0.2) is 92.2 Å². The van der Waals surface area contributed by atoms with Crippen molar-refractivity contribution in [1.29, 1.82) is 5.26 Å². The average Bonchev–Trinajstić information content (AvgIpc) is 3.85. The molecule has 1 atom stereocenters. The topological polar surface area (TPSA) is 85.0 Å². The number of ether oxygens (including phenoxy) is 1. The van der Waals surface area contributed by atoms with Crippen LogP contribution in [0.25, 0.3) is 0 Å². The number of unbranched alkanes of at least 4 members (excludes halogenated alkanes) is 1. The molecule has 0 aromatic heterocycles. The van der Waals surface area contributed by atoms with E-state index in [0.717, 1.165) is 64.8 Å².